The van der Waals surface area contributed by atoms with Gasteiger partial charge in [0.2, 0.25) is 5.43 Å². The summed E-state index contributed by atoms with van der Waals surface area (Å²) in [5, 5.41) is 1.40. The van der Waals surface area contributed by atoms with Crippen LogP contribution >= 0.6 is 11.6 Å². The minimum absolute atomic E-state index is 0.0867. The van der Waals surface area contributed by atoms with Gasteiger partial charge in [0, 0.05) is 6.07 Å². The maximum atomic E-state index is 12.3. The fraction of sp³-hybridized carbons (Fsp3) is 0.0714. The average Bonchev–Trinajstić information content (AvgIpc) is 2.39. The Kier molecular flexibility index (Phi) is 2.49. The van der Waals surface area contributed by atoms with E-state index >= 15 is 0 Å². The molecule has 18 heavy (non-hydrogen) atoms. The molecule has 3 nitrogen and oxygen atoms in total. The molecule has 3 aromatic rings. The lowest BCUT2D eigenvalue weighted by Gasteiger charge is -2.05. The summed E-state index contributed by atoms with van der Waals surface area (Å²) < 4.78 is 10.8. The number of benzene rings is 2. The van der Waals surface area contributed by atoms with E-state index in [4.69, 9.17) is 20.8 Å². The van der Waals surface area contributed by atoms with E-state index in [1.165, 1.54) is 7.11 Å². The van der Waals surface area contributed by atoms with Crippen LogP contribution in [-0.2, 0) is 0 Å². The van der Waals surface area contributed by atoms with Gasteiger partial charge in [-0.2, -0.15) is 0 Å². The van der Waals surface area contributed by atoms with Crippen LogP contribution in [0.4, 0.5) is 0 Å². The van der Waals surface area contributed by atoms with Gasteiger partial charge in [0.1, 0.15) is 16.9 Å². The monoisotopic (exact) mass is 260 g/mol. The van der Waals surface area contributed by atoms with Gasteiger partial charge < -0.3 is 9.15 Å². The van der Waals surface area contributed by atoms with E-state index in [2.05, 4.69) is 0 Å². The first-order valence-corrected chi connectivity index (χ1v) is 5.77. The van der Waals surface area contributed by atoms with Gasteiger partial charge in [0.25, 0.3) is 0 Å². The molecule has 0 aliphatic heterocycles. The lowest BCUT2D eigenvalue weighted by atomic mass is 10.1. The molecule has 0 amide bonds. The second kappa shape index (κ2) is 4.03. The molecule has 0 unspecified atom stereocenters. The van der Waals surface area contributed by atoms with E-state index in [1.807, 2.05) is 6.07 Å². The molecule has 90 valence electrons. The summed E-state index contributed by atoms with van der Waals surface area (Å²) in [5.74, 6) is 0.489. The van der Waals surface area contributed by atoms with E-state index in [0.717, 1.165) is 0 Å². The highest BCUT2D eigenvalue weighted by atomic mass is 35.5. The van der Waals surface area contributed by atoms with Crippen molar-refractivity contribution in [3.8, 4) is 5.75 Å². The van der Waals surface area contributed by atoms with Crippen LogP contribution in [0.1, 0.15) is 0 Å². The van der Waals surface area contributed by atoms with Crippen LogP contribution in [0.15, 0.2) is 45.6 Å². The summed E-state index contributed by atoms with van der Waals surface area (Å²) in [6.45, 7) is 0. The number of hydrogen-bond donors (Lipinski definition) is 0. The number of fused-ring (bicyclic) bond motifs is 2. The first-order valence-electron chi connectivity index (χ1n) is 5.40. The van der Waals surface area contributed by atoms with Crippen molar-refractivity contribution in [2.24, 2.45) is 0 Å². The molecule has 0 saturated carbocycles. The van der Waals surface area contributed by atoms with Crippen molar-refractivity contribution in [2.75, 3.05) is 7.11 Å². The van der Waals surface area contributed by atoms with Gasteiger partial charge >= 0.3 is 0 Å². The zero-order chi connectivity index (χ0) is 12.7. The molecular weight excluding hydrogens is 252 g/mol. The lowest BCUT2D eigenvalue weighted by Crippen LogP contribution is -2.02. The van der Waals surface area contributed by atoms with Crippen LogP contribution < -0.4 is 10.2 Å². The molecule has 0 radical (unpaired) electrons. The molecule has 0 fully saturated rings. The Hall–Kier alpha value is -2.00. The van der Waals surface area contributed by atoms with Crippen LogP contribution in [0.5, 0.6) is 5.75 Å². The Morgan fingerprint density at radius 3 is 2.67 bits per heavy atom. The third kappa shape index (κ3) is 1.56. The van der Waals surface area contributed by atoms with Gasteiger partial charge in [-0.05, 0) is 18.2 Å². The van der Waals surface area contributed by atoms with Gasteiger partial charge in [-0.3, -0.25) is 4.79 Å². The summed E-state index contributed by atoms with van der Waals surface area (Å²) >= 11 is 6.02. The van der Waals surface area contributed by atoms with E-state index in [9.17, 15) is 4.79 Å². The van der Waals surface area contributed by atoms with Crippen molar-refractivity contribution < 1.29 is 9.15 Å². The fourth-order valence-corrected chi connectivity index (χ4v) is 2.20. The Bertz CT molecular complexity index is 805. The van der Waals surface area contributed by atoms with Crippen LogP contribution in [0.2, 0.25) is 5.02 Å². The predicted octanol–water partition coefficient (Wildman–Crippen LogP) is 3.61. The van der Waals surface area contributed by atoms with Crippen LogP contribution in [0.25, 0.3) is 21.9 Å². The molecule has 2 aromatic carbocycles. The number of rotatable bonds is 1. The first-order chi connectivity index (χ1) is 8.70. The molecule has 1 aromatic heterocycles. The van der Waals surface area contributed by atoms with Crippen molar-refractivity contribution >= 4 is 33.5 Å². The molecule has 0 spiro atoms. The van der Waals surface area contributed by atoms with E-state index in [1.54, 1.807) is 30.3 Å². The highest BCUT2D eigenvalue weighted by molar-refractivity contribution is 6.32. The second-order valence-corrected chi connectivity index (χ2v) is 4.32. The van der Waals surface area contributed by atoms with Gasteiger partial charge in [-0.25, -0.2) is 0 Å². The molecule has 0 N–H and O–H groups in total. The second-order valence-electron chi connectivity index (χ2n) is 3.91. The van der Waals surface area contributed by atoms with Crippen molar-refractivity contribution in [2.45, 2.75) is 0 Å². The first kappa shape index (κ1) is 11.1. The molecule has 3 rings (SSSR count). The molecule has 0 aliphatic rings. The van der Waals surface area contributed by atoms with E-state index < -0.39 is 0 Å². The highest BCUT2D eigenvalue weighted by Crippen LogP contribution is 2.30. The lowest BCUT2D eigenvalue weighted by molar-refractivity contribution is 0.415. The fourth-order valence-electron chi connectivity index (χ4n) is 1.96. The SMILES string of the molecule is COc1cc2oc3ccccc3c(=O)c2cc1Cl. The average molecular weight is 261 g/mol. The molecule has 0 atom stereocenters. The maximum Gasteiger partial charge on any atom is 0.200 e. The smallest absolute Gasteiger partial charge is 0.200 e. The largest absolute Gasteiger partial charge is 0.495 e. The normalized spacial score (nSPS) is 11.0. The molecule has 4 heteroatoms. The molecular formula is C14H9ClO3. The number of para-hydroxylation sites is 1. The minimum atomic E-state index is -0.0867. The van der Waals surface area contributed by atoms with Gasteiger partial charge in [0.05, 0.1) is 22.9 Å². The zero-order valence-corrected chi connectivity index (χ0v) is 10.3. The van der Waals surface area contributed by atoms with Crippen molar-refractivity contribution in [3.63, 3.8) is 0 Å². The third-order valence-corrected chi connectivity index (χ3v) is 3.15. The maximum absolute atomic E-state index is 12.3. The predicted molar refractivity (Wildman–Crippen MR) is 71.6 cm³/mol. The topological polar surface area (TPSA) is 39.4 Å². The van der Waals surface area contributed by atoms with Gasteiger partial charge in [0.15, 0.2) is 0 Å². The van der Waals surface area contributed by atoms with Crippen molar-refractivity contribution in [1.29, 1.82) is 0 Å². The van der Waals surface area contributed by atoms with Gasteiger partial charge in [-0.1, -0.05) is 23.7 Å². The molecule has 0 aliphatic carbocycles. The van der Waals surface area contributed by atoms with E-state index in [0.29, 0.717) is 32.7 Å². The quantitative estimate of drug-likeness (QED) is 0.628. The molecule has 1 heterocycles. The minimum Gasteiger partial charge on any atom is -0.495 e. The van der Waals surface area contributed by atoms with Crippen LogP contribution in [0.3, 0.4) is 0 Å². The van der Waals surface area contributed by atoms with Crippen molar-refractivity contribution in [1.82, 2.24) is 0 Å². The number of methoxy groups -OCH3 is 1. The molecule has 0 bridgehead atoms. The van der Waals surface area contributed by atoms with Crippen LogP contribution in [0, 0.1) is 0 Å². The van der Waals surface area contributed by atoms with Crippen LogP contribution in [-0.4, -0.2) is 7.11 Å². The van der Waals surface area contributed by atoms with E-state index in [-0.39, 0.29) is 5.43 Å². The summed E-state index contributed by atoms with van der Waals surface area (Å²) in [7, 11) is 1.52. The number of hydrogen-bond acceptors (Lipinski definition) is 3. The zero-order valence-electron chi connectivity index (χ0n) is 9.57. The van der Waals surface area contributed by atoms with Crippen molar-refractivity contribution in [3.05, 3.63) is 51.6 Å². The Morgan fingerprint density at radius 1 is 1.11 bits per heavy atom. The molecule has 0 saturated heterocycles. The summed E-state index contributed by atoms with van der Waals surface area (Å²) in [4.78, 5) is 12.3. The Balaban J connectivity index is 2.52. The summed E-state index contributed by atoms with van der Waals surface area (Å²) in [6, 6.07) is 10.3. The Labute approximate surface area is 108 Å². The number of ether oxygens (including phenoxy) is 1. The summed E-state index contributed by atoms with van der Waals surface area (Å²) in [6.07, 6.45) is 0. The van der Waals surface area contributed by atoms with Gasteiger partial charge in [-0.15, -0.1) is 0 Å². The standard InChI is InChI=1S/C14H9ClO3/c1-17-13-7-12-9(6-10(13)15)14(16)8-4-2-3-5-11(8)18-12/h2-7H,1H3. The Morgan fingerprint density at radius 2 is 1.89 bits per heavy atom. The third-order valence-electron chi connectivity index (χ3n) is 2.85. The highest BCUT2D eigenvalue weighted by Gasteiger charge is 2.10. The summed E-state index contributed by atoms with van der Waals surface area (Å²) in [5.41, 5.74) is 0.940. The number of halogens is 1.